The van der Waals surface area contributed by atoms with E-state index in [1.807, 2.05) is 6.92 Å². The topological polar surface area (TPSA) is 46.2 Å². The molecular formula is C4H11NO. The summed E-state index contributed by atoms with van der Waals surface area (Å²) in [5, 5.41) is 8.25. The fourth-order valence-corrected chi connectivity index (χ4v) is 0.0745. The molecule has 38 valence electrons. The monoisotopic (exact) mass is 89.1 g/mol. The van der Waals surface area contributed by atoms with Gasteiger partial charge < -0.3 is 10.8 Å². The van der Waals surface area contributed by atoms with E-state index < -0.39 is 0 Å². The van der Waals surface area contributed by atoms with Gasteiger partial charge in [0.05, 0.1) is 0 Å². The van der Waals surface area contributed by atoms with Gasteiger partial charge in [-0.15, -0.1) is 0 Å². The van der Waals surface area contributed by atoms with Crippen LogP contribution in [0.4, 0.5) is 0 Å². The molecule has 0 aromatic heterocycles. The second-order valence-electron chi connectivity index (χ2n) is 1.52. The first-order valence-corrected chi connectivity index (χ1v) is 2.12. The Labute approximate surface area is 38.0 Å². The van der Waals surface area contributed by atoms with Crippen LogP contribution in [0.1, 0.15) is 6.92 Å². The van der Waals surface area contributed by atoms with Gasteiger partial charge in [-0.2, -0.15) is 0 Å². The molecule has 0 saturated carbocycles. The van der Waals surface area contributed by atoms with Gasteiger partial charge in [0.1, 0.15) is 0 Å². The molecule has 0 aliphatic heterocycles. The standard InChI is InChI=1S/C4H11NO/c1-4(2-5)3-6/h4,6H,2-3,5H2,1H3/t4-/m1/s1. The SMILES string of the molecule is C[C@H](CN)CO. The summed E-state index contributed by atoms with van der Waals surface area (Å²) in [6.07, 6.45) is 0. The Hall–Kier alpha value is -0.0800. The first kappa shape index (κ1) is 5.92. The summed E-state index contributed by atoms with van der Waals surface area (Å²) in [7, 11) is 0. The lowest BCUT2D eigenvalue weighted by Gasteiger charge is -1.98. The number of rotatable bonds is 2. The van der Waals surface area contributed by atoms with Gasteiger partial charge in [0, 0.05) is 6.61 Å². The summed E-state index contributed by atoms with van der Waals surface area (Å²) in [5.41, 5.74) is 5.12. The molecule has 1 atom stereocenters. The van der Waals surface area contributed by atoms with Gasteiger partial charge in [0.15, 0.2) is 0 Å². The van der Waals surface area contributed by atoms with Crippen LogP contribution in [0.15, 0.2) is 0 Å². The molecule has 0 radical (unpaired) electrons. The maximum Gasteiger partial charge on any atom is 0.0468 e. The van der Waals surface area contributed by atoms with Crippen molar-refractivity contribution in [1.29, 1.82) is 0 Å². The van der Waals surface area contributed by atoms with E-state index in [0.717, 1.165) is 0 Å². The van der Waals surface area contributed by atoms with Crippen LogP contribution in [0.3, 0.4) is 0 Å². The van der Waals surface area contributed by atoms with Crippen LogP contribution in [-0.4, -0.2) is 18.3 Å². The maximum atomic E-state index is 8.25. The fourth-order valence-electron chi connectivity index (χ4n) is 0.0745. The highest BCUT2D eigenvalue weighted by molar-refractivity contribution is 4.45. The molecule has 0 spiro atoms. The van der Waals surface area contributed by atoms with Gasteiger partial charge in [-0.3, -0.25) is 0 Å². The van der Waals surface area contributed by atoms with E-state index in [1.54, 1.807) is 0 Å². The zero-order chi connectivity index (χ0) is 4.99. The molecular weight excluding hydrogens is 78.0 g/mol. The average molecular weight is 89.1 g/mol. The zero-order valence-electron chi connectivity index (χ0n) is 4.02. The van der Waals surface area contributed by atoms with Gasteiger partial charge in [-0.25, -0.2) is 0 Å². The van der Waals surface area contributed by atoms with Gasteiger partial charge in [-0.05, 0) is 12.5 Å². The van der Waals surface area contributed by atoms with Crippen molar-refractivity contribution in [1.82, 2.24) is 0 Å². The molecule has 3 N–H and O–H groups in total. The Morgan fingerprint density at radius 2 is 2.33 bits per heavy atom. The van der Waals surface area contributed by atoms with E-state index in [2.05, 4.69) is 0 Å². The quantitative estimate of drug-likeness (QED) is 0.482. The summed E-state index contributed by atoms with van der Waals surface area (Å²) in [5.74, 6) is 0.269. The minimum absolute atomic E-state index is 0.205. The van der Waals surface area contributed by atoms with E-state index in [9.17, 15) is 0 Å². The highest BCUT2D eigenvalue weighted by Crippen LogP contribution is 1.83. The van der Waals surface area contributed by atoms with E-state index in [0.29, 0.717) is 6.54 Å². The predicted octanol–water partition coefficient (Wildman–Crippen LogP) is -0.426. The second kappa shape index (κ2) is 3.12. The first-order valence-electron chi connectivity index (χ1n) is 2.12. The van der Waals surface area contributed by atoms with Crippen molar-refractivity contribution >= 4 is 0 Å². The normalized spacial score (nSPS) is 14.5. The molecule has 0 rings (SSSR count). The van der Waals surface area contributed by atoms with Gasteiger partial charge >= 0.3 is 0 Å². The molecule has 0 aromatic rings. The molecule has 0 unspecified atom stereocenters. The Balaban J connectivity index is 2.75. The minimum atomic E-state index is 0.205. The van der Waals surface area contributed by atoms with Crippen LogP contribution < -0.4 is 5.73 Å². The average Bonchev–Trinajstić information content (AvgIpc) is 1.65. The smallest absolute Gasteiger partial charge is 0.0468 e. The van der Waals surface area contributed by atoms with Crippen LogP contribution in [0, 0.1) is 5.92 Å². The first-order chi connectivity index (χ1) is 2.81. The van der Waals surface area contributed by atoms with Crippen molar-refractivity contribution in [2.24, 2.45) is 11.7 Å². The lowest BCUT2D eigenvalue weighted by atomic mass is 10.2. The van der Waals surface area contributed by atoms with E-state index in [4.69, 9.17) is 10.8 Å². The lowest BCUT2D eigenvalue weighted by molar-refractivity contribution is 0.241. The van der Waals surface area contributed by atoms with Crippen molar-refractivity contribution < 1.29 is 5.11 Å². The molecule has 0 aromatic carbocycles. The Kier molecular flexibility index (Phi) is 3.08. The highest BCUT2D eigenvalue weighted by atomic mass is 16.3. The van der Waals surface area contributed by atoms with Crippen molar-refractivity contribution in [3.8, 4) is 0 Å². The molecule has 0 aliphatic carbocycles. The molecule has 0 amide bonds. The molecule has 0 aliphatic rings. The van der Waals surface area contributed by atoms with E-state index >= 15 is 0 Å². The number of aliphatic hydroxyl groups is 1. The maximum absolute atomic E-state index is 8.25. The summed E-state index contributed by atoms with van der Waals surface area (Å²) in [6.45, 7) is 2.69. The summed E-state index contributed by atoms with van der Waals surface area (Å²) < 4.78 is 0. The molecule has 6 heavy (non-hydrogen) atoms. The Morgan fingerprint density at radius 3 is 2.33 bits per heavy atom. The van der Waals surface area contributed by atoms with Crippen LogP contribution in [0.2, 0.25) is 0 Å². The molecule has 2 nitrogen and oxygen atoms in total. The lowest BCUT2D eigenvalue weighted by Crippen LogP contribution is -2.13. The molecule has 0 fully saturated rings. The van der Waals surface area contributed by atoms with Crippen molar-refractivity contribution in [3.63, 3.8) is 0 Å². The van der Waals surface area contributed by atoms with E-state index in [1.165, 1.54) is 0 Å². The number of aliphatic hydroxyl groups excluding tert-OH is 1. The van der Waals surface area contributed by atoms with Crippen LogP contribution >= 0.6 is 0 Å². The summed E-state index contributed by atoms with van der Waals surface area (Å²) in [6, 6.07) is 0. The van der Waals surface area contributed by atoms with E-state index in [-0.39, 0.29) is 12.5 Å². The summed E-state index contributed by atoms with van der Waals surface area (Å²) >= 11 is 0. The van der Waals surface area contributed by atoms with Crippen LogP contribution in [0.5, 0.6) is 0 Å². The number of nitrogens with two attached hydrogens (primary N) is 1. The second-order valence-corrected chi connectivity index (χ2v) is 1.52. The van der Waals surface area contributed by atoms with Crippen molar-refractivity contribution in [2.75, 3.05) is 13.2 Å². The predicted molar refractivity (Wildman–Crippen MR) is 25.3 cm³/mol. The minimum Gasteiger partial charge on any atom is -0.396 e. The van der Waals surface area contributed by atoms with Gasteiger partial charge in [-0.1, -0.05) is 6.92 Å². The largest absolute Gasteiger partial charge is 0.396 e. The number of hydrogen-bond acceptors (Lipinski definition) is 2. The molecule has 0 bridgehead atoms. The Morgan fingerprint density at radius 1 is 1.83 bits per heavy atom. The van der Waals surface area contributed by atoms with Crippen molar-refractivity contribution in [3.05, 3.63) is 0 Å². The molecule has 0 heterocycles. The van der Waals surface area contributed by atoms with Crippen LogP contribution in [-0.2, 0) is 0 Å². The number of hydrogen-bond donors (Lipinski definition) is 2. The zero-order valence-corrected chi connectivity index (χ0v) is 4.02. The third-order valence-corrected chi connectivity index (χ3v) is 0.714. The summed E-state index contributed by atoms with van der Waals surface area (Å²) in [4.78, 5) is 0. The van der Waals surface area contributed by atoms with Crippen molar-refractivity contribution in [2.45, 2.75) is 6.92 Å². The van der Waals surface area contributed by atoms with Gasteiger partial charge in [0.25, 0.3) is 0 Å². The molecule has 2 heteroatoms. The highest BCUT2D eigenvalue weighted by Gasteiger charge is 1.90. The Bertz CT molecular complexity index is 26.7. The molecule has 0 saturated heterocycles. The third-order valence-electron chi connectivity index (χ3n) is 0.714. The third kappa shape index (κ3) is 2.18. The van der Waals surface area contributed by atoms with Gasteiger partial charge in [0.2, 0.25) is 0 Å². The van der Waals surface area contributed by atoms with Crippen LogP contribution in [0.25, 0.3) is 0 Å². The fraction of sp³-hybridized carbons (Fsp3) is 1.00.